The average molecular weight is 560 g/mol. The molecule has 0 aliphatic rings. The van der Waals surface area contributed by atoms with Gasteiger partial charge in [0, 0.05) is 16.3 Å². The molecule has 9 aromatic rings. The van der Waals surface area contributed by atoms with E-state index in [9.17, 15) is 5.48 Å². The molecule has 43 heavy (non-hydrogen) atoms. The predicted octanol–water partition coefficient (Wildman–Crippen LogP) is 12.0. The van der Waals surface area contributed by atoms with Crippen molar-refractivity contribution in [3.05, 3.63) is 157 Å². The lowest BCUT2D eigenvalue weighted by Crippen LogP contribution is -1.91. The van der Waals surface area contributed by atoms with E-state index in [2.05, 4.69) is 0 Å². The van der Waals surface area contributed by atoms with Crippen LogP contribution < -0.4 is 0 Å². The van der Waals surface area contributed by atoms with Gasteiger partial charge in [0.2, 0.25) is 0 Å². The van der Waals surface area contributed by atoms with Crippen molar-refractivity contribution < 1.29 is 22.2 Å². The highest BCUT2D eigenvalue weighted by molar-refractivity contribution is 6.24. The van der Waals surface area contributed by atoms with Gasteiger partial charge in [0.1, 0.15) is 11.2 Å². The molecule has 0 N–H and O–H groups in total. The third-order valence-electron chi connectivity index (χ3n) is 7.87. The second-order valence-electron chi connectivity index (χ2n) is 10.2. The summed E-state index contributed by atoms with van der Waals surface area (Å²) in [5.41, 5.74) is 1.51. The Morgan fingerprint density at radius 3 is 1.79 bits per heavy atom. The van der Waals surface area contributed by atoms with E-state index in [0.29, 0.717) is 38.2 Å². The summed E-state index contributed by atoms with van der Waals surface area (Å²) >= 11 is 0. The number of fused-ring (bicyclic) bond motifs is 6. The Balaban J connectivity index is 1.48. The summed E-state index contributed by atoms with van der Waals surface area (Å²) in [5.74, 6) is 0. The fraction of sp³-hybridized carbons (Fsp3) is 0. The first kappa shape index (κ1) is 14.5. The molecule has 0 fully saturated rings. The molecular weight excluding hydrogens is 520 g/mol. The minimum absolute atomic E-state index is 0.0306. The standard InChI is InChI=1S/C42H26O/c1-2-12-28(13-3-1)31-21-11-23-37-38-26-29(24-25-39(38)43-42(31)37)40-33-17-6-8-19-35(33)41(36-20-9-7-18-34(36)40)32-22-10-15-27-14-4-5-16-30(27)32/h1-26H/i4D,5D,10D,11D,14D,15D,16D,21D,22D,23D,24D,25D,26D. The Morgan fingerprint density at radius 2 is 1.02 bits per heavy atom. The van der Waals surface area contributed by atoms with E-state index in [-0.39, 0.29) is 85.7 Å². The third kappa shape index (κ3) is 3.65. The first-order valence-electron chi connectivity index (χ1n) is 20.2. The third-order valence-corrected chi connectivity index (χ3v) is 7.87. The second-order valence-corrected chi connectivity index (χ2v) is 10.2. The zero-order valence-corrected chi connectivity index (χ0v) is 22.4. The van der Waals surface area contributed by atoms with Crippen LogP contribution >= 0.6 is 0 Å². The van der Waals surface area contributed by atoms with Crippen LogP contribution in [0.5, 0.6) is 0 Å². The van der Waals surface area contributed by atoms with Crippen molar-refractivity contribution in [3.8, 4) is 33.4 Å². The van der Waals surface area contributed by atoms with E-state index >= 15 is 0 Å². The Hall–Kier alpha value is -5.66. The maximum atomic E-state index is 9.75. The Morgan fingerprint density at radius 1 is 0.419 bits per heavy atom. The highest BCUT2D eigenvalue weighted by atomic mass is 16.3. The zero-order valence-electron chi connectivity index (χ0n) is 35.4. The van der Waals surface area contributed by atoms with E-state index in [1.807, 2.05) is 0 Å². The normalized spacial score (nSPS) is 16.0. The quantitative estimate of drug-likeness (QED) is 0.196. The van der Waals surface area contributed by atoms with Gasteiger partial charge in [-0.1, -0.05) is 145 Å². The fourth-order valence-corrected chi connectivity index (χ4v) is 6.02. The first-order chi connectivity index (χ1) is 26.8. The van der Waals surface area contributed by atoms with Crippen LogP contribution in [0.2, 0.25) is 0 Å². The molecule has 200 valence electrons. The van der Waals surface area contributed by atoms with Crippen LogP contribution in [0.25, 0.3) is 87.6 Å². The van der Waals surface area contributed by atoms with Crippen molar-refractivity contribution in [2.75, 3.05) is 0 Å². The molecule has 0 unspecified atom stereocenters. The molecule has 0 spiro atoms. The van der Waals surface area contributed by atoms with Crippen molar-refractivity contribution in [1.29, 1.82) is 0 Å². The van der Waals surface area contributed by atoms with Gasteiger partial charge < -0.3 is 4.42 Å². The molecule has 0 saturated carbocycles. The molecule has 1 heterocycles. The van der Waals surface area contributed by atoms with Gasteiger partial charge in [-0.2, -0.15) is 0 Å². The van der Waals surface area contributed by atoms with Crippen LogP contribution in [-0.4, -0.2) is 0 Å². The summed E-state index contributed by atoms with van der Waals surface area (Å²) < 4.78 is 122. The van der Waals surface area contributed by atoms with Gasteiger partial charge in [-0.25, -0.2) is 0 Å². The van der Waals surface area contributed by atoms with E-state index in [4.69, 9.17) is 16.8 Å². The Bertz CT molecular complexity index is 3160. The van der Waals surface area contributed by atoms with Gasteiger partial charge in [0.05, 0.1) is 17.8 Å². The summed E-state index contributed by atoms with van der Waals surface area (Å²) in [5, 5.41) is 1.71. The first-order valence-corrected chi connectivity index (χ1v) is 13.7. The molecule has 0 bridgehead atoms. The molecule has 0 aliphatic heterocycles. The van der Waals surface area contributed by atoms with Crippen LogP contribution in [0.4, 0.5) is 0 Å². The summed E-state index contributed by atoms with van der Waals surface area (Å²) in [6.45, 7) is 0. The highest BCUT2D eigenvalue weighted by Crippen LogP contribution is 2.46. The van der Waals surface area contributed by atoms with E-state index < -0.39 is 42.3 Å². The molecular formula is C42H26O. The van der Waals surface area contributed by atoms with Gasteiger partial charge in [-0.05, 0) is 72.2 Å². The molecule has 0 radical (unpaired) electrons. The Kier molecular flexibility index (Phi) is 3.18. The number of rotatable bonds is 3. The maximum absolute atomic E-state index is 9.75. The van der Waals surface area contributed by atoms with Gasteiger partial charge in [0.25, 0.3) is 0 Å². The molecule has 9 rings (SSSR count). The van der Waals surface area contributed by atoms with Crippen molar-refractivity contribution in [2.24, 2.45) is 0 Å². The van der Waals surface area contributed by atoms with Crippen molar-refractivity contribution >= 4 is 54.3 Å². The van der Waals surface area contributed by atoms with Crippen molar-refractivity contribution in [2.45, 2.75) is 0 Å². The molecule has 0 saturated heterocycles. The van der Waals surface area contributed by atoms with Crippen molar-refractivity contribution in [3.63, 3.8) is 0 Å². The van der Waals surface area contributed by atoms with Crippen LogP contribution in [0.3, 0.4) is 0 Å². The fourth-order valence-electron chi connectivity index (χ4n) is 6.02. The molecule has 0 amide bonds. The predicted molar refractivity (Wildman–Crippen MR) is 183 cm³/mol. The van der Waals surface area contributed by atoms with Crippen LogP contribution in [0.1, 0.15) is 17.8 Å². The highest BCUT2D eigenvalue weighted by Gasteiger charge is 2.19. The lowest BCUT2D eigenvalue weighted by Gasteiger charge is -2.18. The lowest BCUT2D eigenvalue weighted by molar-refractivity contribution is 0.670. The number of furan rings is 1. The second kappa shape index (κ2) is 9.44. The molecule has 1 nitrogen and oxygen atoms in total. The molecule has 8 aromatic carbocycles. The van der Waals surface area contributed by atoms with Gasteiger partial charge in [-0.15, -0.1) is 0 Å². The molecule has 0 aliphatic carbocycles. The Labute approximate surface area is 267 Å². The number of para-hydroxylation sites is 1. The van der Waals surface area contributed by atoms with Crippen LogP contribution in [0, 0.1) is 0 Å². The topological polar surface area (TPSA) is 13.1 Å². The largest absolute Gasteiger partial charge is 0.455 e. The van der Waals surface area contributed by atoms with Crippen LogP contribution in [-0.2, 0) is 0 Å². The average Bonchev–Trinajstić information content (AvgIpc) is 3.61. The molecule has 1 aromatic heterocycles. The monoisotopic (exact) mass is 559 g/mol. The summed E-state index contributed by atoms with van der Waals surface area (Å²) in [7, 11) is 0. The minimum Gasteiger partial charge on any atom is -0.455 e. The van der Waals surface area contributed by atoms with E-state index in [1.54, 1.807) is 78.9 Å². The minimum atomic E-state index is -0.563. The van der Waals surface area contributed by atoms with Gasteiger partial charge in [-0.3, -0.25) is 0 Å². The van der Waals surface area contributed by atoms with Gasteiger partial charge >= 0.3 is 0 Å². The molecule has 1 heteroatoms. The zero-order chi connectivity index (χ0) is 39.6. The van der Waals surface area contributed by atoms with Gasteiger partial charge in [0.15, 0.2) is 0 Å². The summed E-state index contributed by atoms with van der Waals surface area (Å²) in [6.07, 6.45) is 0. The number of benzene rings is 8. The SMILES string of the molecule is [2H]c1c(-c2c3ccccc3c(-c3c([2H])c([2H])c([2H])c4c([2H])c([2H])c([2H])c([2H])c34)c3ccccc23)c([2H])c2c(oc3c(-c4ccccc4)c([2H])c([2H])c([2H])c32)c1[2H]. The number of hydrogen-bond acceptors (Lipinski definition) is 1. The number of hydrogen-bond donors (Lipinski definition) is 0. The summed E-state index contributed by atoms with van der Waals surface area (Å²) in [4.78, 5) is 0. The smallest absolute Gasteiger partial charge is 0.143 e. The van der Waals surface area contributed by atoms with Crippen molar-refractivity contribution in [1.82, 2.24) is 0 Å². The maximum Gasteiger partial charge on any atom is 0.143 e. The van der Waals surface area contributed by atoms with E-state index in [1.165, 1.54) is 0 Å². The van der Waals surface area contributed by atoms with Crippen LogP contribution in [0.15, 0.2) is 162 Å². The summed E-state index contributed by atoms with van der Waals surface area (Å²) in [6, 6.07) is 17.4. The molecule has 0 atom stereocenters. The van der Waals surface area contributed by atoms with E-state index in [0.717, 1.165) is 0 Å². The lowest BCUT2D eigenvalue weighted by atomic mass is 9.84.